The Labute approximate surface area is 160 Å². The Kier molecular flexibility index (Phi) is 7.11. The van der Waals surface area contributed by atoms with Gasteiger partial charge in [0.05, 0.1) is 4.91 Å². The summed E-state index contributed by atoms with van der Waals surface area (Å²) in [5.74, 6) is -1.80. The van der Waals surface area contributed by atoms with E-state index in [2.05, 4.69) is 5.32 Å². The third kappa shape index (κ3) is 5.82. The van der Waals surface area contributed by atoms with Crippen molar-refractivity contribution < 1.29 is 19.5 Å². The summed E-state index contributed by atoms with van der Waals surface area (Å²) in [7, 11) is 0. The maximum absolute atomic E-state index is 12.5. The molecule has 0 spiro atoms. The lowest BCUT2D eigenvalue weighted by molar-refractivity contribution is -0.138. The minimum absolute atomic E-state index is 0.00810. The standard InChI is InChI=1S/C18H18N2O4S2/c1-12(9-13-5-3-2-4-6-13)10-14-17(24)20(18(25)26-14)8-7-15(21)19-11-16(22)23/h2-6,9-10H,7-8,11H2,1H3,(H,19,21)(H,22,23). The van der Waals surface area contributed by atoms with E-state index in [1.165, 1.54) is 16.7 Å². The first kappa shape index (κ1) is 19.9. The van der Waals surface area contributed by atoms with Crippen LogP contribution >= 0.6 is 24.0 Å². The monoisotopic (exact) mass is 390 g/mol. The van der Waals surface area contributed by atoms with Gasteiger partial charge in [0.1, 0.15) is 10.9 Å². The Morgan fingerprint density at radius 2 is 2.00 bits per heavy atom. The predicted octanol–water partition coefficient (Wildman–Crippen LogP) is 2.42. The number of nitrogens with one attached hydrogen (secondary N) is 1. The Hall–Kier alpha value is -2.45. The van der Waals surface area contributed by atoms with Crippen LogP contribution in [0.2, 0.25) is 0 Å². The number of thiocarbonyl (C=S) groups is 1. The maximum Gasteiger partial charge on any atom is 0.322 e. The second kappa shape index (κ2) is 9.30. The fourth-order valence-electron chi connectivity index (χ4n) is 2.23. The van der Waals surface area contributed by atoms with Gasteiger partial charge in [-0.05, 0) is 24.1 Å². The van der Waals surface area contributed by atoms with Gasteiger partial charge >= 0.3 is 5.97 Å². The molecule has 2 rings (SSSR count). The smallest absolute Gasteiger partial charge is 0.322 e. The van der Waals surface area contributed by atoms with Crippen LogP contribution in [0, 0.1) is 0 Å². The number of nitrogens with zero attached hydrogens (tertiary/aromatic N) is 1. The molecule has 1 fully saturated rings. The molecule has 8 heteroatoms. The summed E-state index contributed by atoms with van der Waals surface area (Å²) in [4.78, 5) is 36.4. The molecule has 0 radical (unpaired) electrons. The van der Waals surface area contributed by atoms with Gasteiger partial charge in [0, 0.05) is 13.0 Å². The minimum atomic E-state index is -1.12. The number of carboxylic acids is 1. The van der Waals surface area contributed by atoms with Crippen LogP contribution in [0.3, 0.4) is 0 Å². The van der Waals surface area contributed by atoms with Crippen molar-refractivity contribution in [1.29, 1.82) is 0 Å². The normalized spacial score (nSPS) is 16.3. The van der Waals surface area contributed by atoms with Crippen LogP contribution in [0.1, 0.15) is 18.9 Å². The molecule has 2 N–H and O–H groups in total. The van der Waals surface area contributed by atoms with E-state index in [1.807, 2.05) is 43.3 Å². The van der Waals surface area contributed by atoms with E-state index < -0.39 is 18.4 Å². The summed E-state index contributed by atoms with van der Waals surface area (Å²) >= 11 is 6.41. The topological polar surface area (TPSA) is 86.7 Å². The Bertz CT molecular complexity index is 788. The van der Waals surface area contributed by atoms with Gasteiger partial charge in [0.15, 0.2) is 0 Å². The summed E-state index contributed by atoms with van der Waals surface area (Å²) in [5.41, 5.74) is 1.95. The van der Waals surface area contributed by atoms with Gasteiger partial charge in [-0.25, -0.2) is 0 Å². The highest BCUT2D eigenvalue weighted by molar-refractivity contribution is 8.26. The lowest BCUT2D eigenvalue weighted by Gasteiger charge is -2.13. The second-order valence-corrected chi connectivity index (χ2v) is 7.23. The molecule has 0 atom stereocenters. The van der Waals surface area contributed by atoms with Gasteiger partial charge in [-0.3, -0.25) is 19.3 Å². The van der Waals surface area contributed by atoms with Crippen molar-refractivity contribution in [2.45, 2.75) is 13.3 Å². The first-order valence-corrected chi connectivity index (χ1v) is 9.06. The van der Waals surface area contributed by atoms with Crippen molar-refractivity contribution in [3.05, 3.63) is 52.4 Å². The minimum Gasteiger partial charge on any atom is -0.480 e. The second-order valence-electron chi connectivity index (χ2n) is 5.55. The molecule has 0 saturated carbocycles. The van der Waals surface area contributed by atoms with Gasteiger partial charge in [0.25, 0.3) is 5.91 Å². The van der Waals surface area contributed by atoms with Crippen LogP contribution in [-0.2, 0) is 14.4 Å². The summed E-state index contributed by atoms with van der Waals surface area (Å²) in [6, 6.07) is 9.75. The van der Waals surface area contributed by atoms with E-state index in [0.29, 0.717) is 9.23 Å². The van der Waals surface area contributed by atoms with E-state index >= 15 is 0 Å². The Morgan fingerprint density at radius 3 is 2.65 bits per heavy atom. The molecule has 1 aromatic rings. The van der Waals surface area contributed by atoms with E-state index in [1.54, 1.807) is 6.08 Å². The highest BCUT2D eigenvalue weighted by atomic mass is 32.2. The molecule has 1 saturated heterocycles. The third-order valence-electron chi connectivity index (χ3n) is 3.43. The van der Waals surface area contributed by atoms with E-state index in [-0.39, 0.29) is 18.9 Å². The van der Waals surface area contributed by atoms with Crippen molar-refractivity contribution in [2.24, 2.45) is 0 Å². The van der Waals surface area contributed by atoms with Crippen molar-refractivity contribution in [1.82, 2.24) is 10.2 Å². The third-order valence-corrected chi connectivity index (χ3v) is 4.80. The molecule has 0 aliphatic carbocycles. The molecular formula is C18H18N2O4S2. The molecular weight excluding hydrogens is 372 g/mol. The molecule has 1 heterocycles. The van der Waals surface area contributed by atoms with Crippen LogP contribution in [0.15, 0.2) is 46.9 Å². The van der Waals surface area contributed by atoms with Crippen LogP contribution < -0.4 is 5.32 Å². The van der Waals surface area contributed by atoms with Crippen molar-refractivity contribution in [3.63, 3.8) is 0 Å². The quantitative estimate of drug-likeness (QED) is 0.549. The predicted molar refractivity (Wildman–Crippen MR) is 105 cm³/mol. The largest absolute Gasteiger partial charge is 0.480 e. The van der Waals surface area contributed by atoms with Gasteiger partial charge in [-0.1, -0.05) is 60.4 Å². The van der Waals surface area contributed by atoms with Crippen LogP contribution in [0.25, 0.3) is 6.08 Å². The molecule has 1 aliphatic heterocycles. The molecule has 1 aromatic carbocycles. The fraction of sp³-hybridized carbons (Fsp3) is 0.222. The Balaban J connectivity index is 1.98. The number of carbonyl (C=O) groups excluding carboxylic acids is 2. The van der Waals surface area contributed by atoms with E-state index in [4.69, 9.17) is 17.3 Å². The van der Waals surface area contributed by atoms with Crippen molar-refractivity contribution in [3.8, 4) is 0 Å². The zero-order chi connectivity index (χ0) is 19.1. The first-order chi connectivity index (χ1) is 12.4. The summed E-state index contributed by atoms with van der Waals surface area (Å²) < 4.78 is 0.389. The number of hydrogen-bond donors (Lipinski definition) is 2. The lowest BCUT2D eigenvalue weighted by atomic mass is 10.1. The molecule has 1 aliphatic rings. The number of carbonyl (C=O) groups is 3. The number of thioether (sulfide) groups is 1. The zero-order valence-electron chi connectivity index (χ0n) is 14.1. The van der Waals surface area contributed by atoms with E-state index in [0.717, 1.165) is 11.1 Å². The first-order valence-electron chi connectivity index (χ1n) is 7.84. The number of benzene rings is 1. The number of hydrogen-bond acceptors (Lipinski definition) is 5. The molecule has 0 unspecified atom stereocenters. The summed E-state index contributed by atoms with van der Waals surface area (Å²) in [6.45, 7) is 1.58. The fourth-order valence-corrected chi connectivity index (χ4v) is 3.59. The summed E-state index contributed by atoms with van der Waals surface area (Å²) in [6.07, 6.45) is 3.73. The van der Waals surface area contributed by atoms with Crippen molar-refractivity contribution in [2.75, 3.05) is 13.1 Å². The molecule has 2 amide bonds. The number of amides is 2. The highest BCUT2D eigenvalue weighted by Gasteiger charge is 2.32. The Morgan fingerprint density at radius 1 is 1.31 bits per heavy atom. The average molecular weight is 390 g/mol. The van der Waals surface area contributed by atoms with E-state index in [9.17, 15) is 14.4 Å². The molecule has 26 heavy (non-hydrogen) atoms. The summed E-state index contributed by atoms with van der Waals surface area (Å²) in [5, 5.41) is 10.8. The molecule has 136 valence electrons. The van der Waals surface area contributed by atoms with Crippen LogP contribution in [0.4, 0.5) is 0 Å². The van der Waals surface area contributed by atoms with Gasteiger partial charge in [-0.2, -0.15) is 0 Å². The maximum atomic E-state index is 12.5. The van der Waals surface area contributed by atoms with Gasteiger partial charge in [0.2, 0.25) is 5.91 Å². The van der Waals surface area contributed by atoms with Crippen LogP contribution in [0.5, 0.6) is 0 Å². The molecule has 6 nitrogen and oxygen atoms in total. The molecule has 0 aromatic heterocycles. The SMILES string of the molecule is CC(=Cc1ccccc1)C=C1SC(=S)N(CCC(=O)NCC(=O)O)C1=O. The van der Waals surface area contributed by atoms with Gasteiger partial charge < -0.3 is 10.4 Å². The van der Waals surface area contributed by atoms with Gasteiger partial charge in [-0.15, -0.1) is 0 Å². The average Bonchev–Trinajstić information content (AvgIpc) is 2.85. The zero-order valence-corrected chi connectivity index (χ0v) is 15.7. The van der Waals surface area contributed by atoms with Crippen LogP contribution in [-0.4, -0.2) is 45.2 Å². The number of rotatable bonds is 7. The number of aliphatic carboxylic acids is 1. The molecule has 0 bridgehead atoms. The number of carboxylic acid groups (broad SMARTS) is 1. The number of allylic oxidation sites excluding steroid dienone is 2. The van der Waals surface area contributed by atoms with Crippen molar-refractivity contribution >= 4 is 52.2 Å². The highest BCUT2D eigenvalue weighted by Crippen LogP contribution is 2.32. The lowest BCUT2D eigenvalue weighted by Crippen LogP contribution is -2.35.